The van der Waals surface area contributed by atoms with E-state index in [0.717, 1.165) is 27.4 Å². The molecule has 0 radical (unpaired) electrons. The molecule has 5 rings (SSSR count). The van der Waals surface area contributed by atoms with Crippen molar-refractivity contribution in [2.75, 3.05) is 0 Å². The van der Waals surface area contributed by atoms with Crippen molar-refractivity contribution < 1.29 is 0 Å². The molecule has 4 aromatic carbocycles. The lowest BCUT2D eigenvalue weighted by atomic mass is 9.90. The quantitative estimate of drug-likeness (QED) is 0.260. The fraction of sp³-hybridized carbons (Fsp3) is 0.0323. The molecular weight excluding hydrogens is 422 g/mol. The number of halogens is 1. The highest BCUT2D eigenvalue weighted by molar-refractivity contribution is 6.30. The van der Waals surface area contributed by atoms with Crippen molar-refractivity contribution in [3.05, 3.63) is 143 Å². The minimum atomic E-state index is 0.740. The number of fused-ring (bicyclic) bond motifs is 1. The Bertz CT molecular complexity index is 1440. The molecule has 0 bridgehead atoms. The third-order valence-corrected chi connectivity index (χ3v) is 6.16. The van der Waals surface area contributed by atoms with Crippen LogP contribution in [0.2, 0.25) is 5.02 Å². The molecule has 0 spiro atoms. The Balaban J connectivity index is 1.80. The van der Waals surface area contributed by atoms with Gasteiger partial charge in [0.2, 0.25) is 0 Å². The average molecular weight is 446 g/mol. The van der Waals surface area contributed by atoms with Crippen LogP contribution in [0.15, 0.2) is 121 Å². The van der Waals surface area contributed by atoms with Crippen LogP contribution in [0.4, 0.5) is 0 Å². The Morgan fingerprint density at radius 2 is 1.33 bits per heavy atom. The molecule has 5 aromatic rings. The summed E-state index contributed by atoms with van der Waals surface area (Å²) in [4.78, 5) is 3.69. The molecule has 0 aliphatic carbocycles. The van der Waals surface area contributed by atoms with Crippen molar-refractivity contribution >= 4 is 33.7 Å². The molecule has 1 N–H and O–H groups in total. The van der Waals surface area contributed by atoms with Crippen molar-refractivity contribution in [2.24, 2.45) is 0 Å². The second-order valence-electron chi connectivity index (χ2n) is 7.96. The van der Waals surface area contributed by atoms with E-state index in [-0.39, 0.29) is 0 Å². The van der Waals surface area contributed by atoms with Gasteiger partial charge in [0, 0.05) is 21.5 Å². The maximum Gasteiger partial charge on any atom is 0.0544 e. The van der Waals surface area contributed by atoms with Gasteiger partial charge >= 0.3 is 0 Å². The summed E-state index contributed by atoms with van der Waals surface area (Å²) in [5, 5.41) is 1.95. The number of para-hydroxylation sites is 1. The van der Waals surface area contributed by atoms with Gasteiger partial charge in [0.15, 0.2) is 0 Å². The number of aromatic amines is 1. The number of rotatable bonds is 5. The smallest absolute Gasteiger partial charge is 0.0544 e. The number of nitrogens with one attached hydrogen (secondary N) is 1. The lowest BCUT2D eigenvalue weighted by Crippen LogP contribution is -1.92. The number of aromatic nitrogens is 1. The summed E-state index contributed by atoms with van der Waals surface area (Å²) < 4.78 is 0. The Kier molecular flexibility index (Phi) is 5.97. The van der Waals surface area contributed by atoms with Crippen LogP contribution in [0.3, 0.4) is 0 Å². The minimum Gasteiger partial charge on any atom is -0.354 e. The van der Waals surface area contributed by atoms with Crippen LogP contribution in [-0.4, -0.2) is 4.98 Å². The van der Waals surface area contributed by atoms with Gasteiger partial charge in [0.25, 0.3) is 0 Å². The summed E-state index contributed by atoms with van der Waals surface area (Å²) in [5.74, 6) is 0. The Labute approximate surface area is 199 Å². The van der Waals surface area contributed by atoms with Crippen molar-refractivity contribution in [2.45, 2.75) is 6.92 Å². The second kappa shape index (κ2) is 9.36. The highest BCUT2D eigenvalue weighted by Crippen LogP contribution is 2.39. The van der Waals surface area contributed by atoms with E-state index in [1.165, 1.54) is 27.6 Å². The monoisotopic (exact) mass is 445 g/mol. The van der Waals surface area contributed by atoms with Crippen molar-refractivity contribution in [1.29, 1.82) is 0 Å². The molecule has 0 amide bonds. The van der Waals surface area contributed by atoms with E-state index in [4.69, 9.17) is 11.6 Å². The van der Waals surface area contributed by atoms with Crippen LogP contribution in [0.25, 0.3) is 33.3 Å². The summed E-state index contributed by atoms with van der Waals surface area (Å²) in [5.41, 5.74) is 9.25. The van der Waals surface area contributed by atoms with Gasteiger partial charge in [-0.3, -0.25) is 0 Å². The average Bonchev–Trinajstić information content (AvgIpc) is 3.26. The first-order chi connectivity index (χ1) is 16.2. The van der Waals surface area contributed by atoms with Gasteiger partial charge in [0.05, 0.1) is 5.69 Å². The van der Waals surface area contributed by atoms with Gasteiger partial charge in [0.1, 0.15) is 0 Å². The lowest BCUT2D eigenvalue weighted by molar-refractivity contribution is 1.44. The van der Waals surface area contributed by atoms with Crippen LogP contribution < -0.4 is 0 Å². The minimum absolute atomic E-state index is 0.740. The summed E-state index contributed by atoms with van der Waals surface area (Å²) in [6.07, 6.45) is 4.45. The summed E-state index contributed by atoms with van der Waals surface area (Å²) in [6, 6.07) is 37.7. The zero-order valence-electron chi connectivity index (χ0n) is 18.4. The highest BCUT2D eigenvalue weighted by Gasteiger charge is 2.18. The first kappa shape index (κ1) is 21.1. The van der Waals surface area contributed by atoms with Crippen LogP contribution in [0.1, 0.15) is 23.6 Å². The van der Waals surface area contributed by atoms with Crippen LogP contribution in [0.5, 0.6) is 0 Å². The van der Waals surface area contributed by atoms with E-state index in [2.05, 4.69) is 121 Å². The van der Waals surface area contributed by atoms with Crippen molar-refractivity contribution in [3.8, 4) is 11.3 Å². The van der Waals surface area contributed by atoms with E-state index in [1.54, 1.807) is 0 Å². The number of hydrogen-bond acceptors (Lipinski definition) is 0. The molecule has 0 saturated carbocycles. The molecular formula is C31H24ClN. The fourth-order valence-electron chi connectivity index (χ4n) is 4.29. The van der Waals surface area contributed by atoms with Gasteiger partial charge in [-0.1, -0.05) is 109 Å². The fourth-order valence-corrected chi connectivity index (χ4v) is 4.42. The second-order valence-corrected chi connectivity index (χ2v) is 8.40. The maximum atomic E-state index is 6.16. The standard InChI is InChI=1S/C31H24ClN/c1-2-22(23-17-19-26(32)20-18-23)21-28(24-11-5-3-6-12-24)30-27-15-9-10-16-29(27)33-31(30)25-13-7-4-8-14-25/h2-21,33H,1H3/b22-2+,28-21-. The third kappa shape index (κ3) is 4.28. The zero-order valence-corrected chi connectivity index (χ0v) is 19.2. The van der Waals surface area contributed by atoms with E-state index < -0.39 is 0 Å². The number of H-pyrrole nitrogens is 1. The summed E-state index contributed by atoms with van der Waals surface area (Å²) in [7, 11) is 0. The molecule has 0 fully saturated rings. The van der Waals surface area contributed by atoms with Gasteiger partial charge in [-0.2, -0.15) is 0 Å². The number of allylic oxidation sites excluding steroid dienone is 3. The summed E-state index contributed by atoms with van der Waals surface area (Å²) >= 11 is 6.16. The van der Waals surface area contributed by atoms with Gasteiger partial charge in [-0.15, -0.1) is 0 Å². The lowest BCUT2D eigenvalue weighted by Gasteiger charge is -2.13. The molecule has 0 saturated heterocycles. The SMILES string of the molecule is C/C=C(\C=C(\c1ccccc1)c1c(-c2ccccc2)[nH]c2ccccc12)c1ccc(Cl)cc1. The molecule has 2 heteroatoms. The largest absolute Gasteiger partial charge is 0.354 e. The Hall–Kier alpha value is -3.81. The summed E-state index contributed by atoms with van der Waals surface area (Å²) in [6.45, 7) is 2.08. The highest BCUT2D eigenvalue weighted by atomic mass is 35.5. The number of hydrogen-bond donors (Lipinski definition) is 1. The van der Waals surface area contributed by atoms with E-state index in [1.807, 2.05) is 12.1 Å². The van der Waals surface area contributed by atoms with Gasteiger partial charge in [-0.25, -0.2) is 0 Å². The van der Waals surface area contributed by atoms with E-state index in [0.29, 0.717) is 0 Å². The van der Waals surface area contributed by atoms with Gasteiger partial charge < -0.3 is 4.98 Å². The van der Waals surface area contributed by atoms with Gasteiger partial charge in [-0.05, 0) is 59.0 Å². The molecule has 0 atom stereocenters. The van der Waals surface area contributed by atoms with Crippen molar-refractivity contribution in [1.82, 2.24) is 4.98 Å². The first-order valence-corrected chi connectivity index (χ1v) is 11.5. The van der Waals surface area contributed by atoms with Crippen LogP contribution in [-0.2, 0) is 0 Å². The molecule has 160 valence electrons. The normalized spacial score (nSPS) is 12.3. The molecule has 0 aliphatic rings. The molecule has 1 nitrogen and oxygen atoms in total. The molecule has 33 heavy (non-hydrogen) atoms. The Morgan fingerprint density at radius 1 is 0.697 bits per heavy atom. The topological polar surface area (TPSA) is 15.8 Å². The number of benzene rings is 4. The molecule has 1 heterocycles. The molecule has 0 unspecified atom stereocenters. The first-order valence-electron chi connectivity index (χ1n) is 11.1. The third-order valence-electron chi connectivity index (χ3n) is 5.91. The predicted molar refractivity (Wildman–Crippen MR) is 142 cm³/mol. The van der Waals surface area contributed by atoms with E-state index >= 15 is 0 Å². The zero-order chi connectivity index (χ0) is 22.6. The molecule has 0 aliphatic heterocycles. The van der Waals surface area contributed by atoms with Crippen LogP contribution >= 0.6 is 11.6 Å². The maximum absolute atomic E-state index is 6.16. The van der Waals surface area contributed by atoms with Crippen molar-refractivity contribution in [3.63, 3.8) is 0 Å². The van der Waals surface area contributed by atoms with Crippen LogP contribution in [0, 0.1) is 0 Å². The van der Waals surface area contributed by atoms with E-state index in [9.17, 15) is 0 Å². The Morgan fingerprint density at radius 3 is 2.03 bits per heavy atom. The predicted octanol–water partition coefficient (Wildman–Crippen LogP) is 9.02. The molecule has 1 aromatic heterocycles.